The van der Waals surface area contributed by atoms with Gasteiger partial charge in [-0.1, -0.05) is 0 Å². The summed E-state index contributed by atoms with van der Waals surface area (Å²) in [4.78, 5) is 11.5. The van der Waals surface area contributed by atoms with Gasteiger partial charge < -0.3 is 17.7 Å². The molecule has 0 saturated heterocycles. The number of hydrogen-bond acceptors (Lipinski definition) is 3. The van der Waals surface area contributed by atoms with Gasteiger partial charge in [0.05, 0.1) is 11.9 Å². The molecular weight excluding hydrogens is 301 g/mol. The molecule has 5 nitrogen and oxygen atoms in total. The summed E-state index contributed by atoms with van der Waals surface area (Å²) in [6.07, 6.45) is 0.0299. The zero-order chi connectivity index (χ0) is 14.8. The number of rotatable bonds is 3. The molecule has 1 aromatic rings. The summed E-state index contributed by atoms with van der Waals surface area (Å²) in [5, 5.41) is 5.67. The number of amides is 1. The third kappa shape index (κ3) is 5.76. The Hall–Kier alpha value is -0.0287. The van der Waals surface area contributed by atoms with Crippen molar-refractivity contribution in [3.8, 4) is 0 Å². The molecule has 108 valence electrons. The molecule has 0 saturated carbocycles. The molecule has 20 heavy (non-hydrogen) atoms. The maximum absolute atomic E-state index is 12.9. The van der Waals surface area contributed by atoms with E-state index in [0.717, 1.165) is 10.9 Å². The van der Waals surface area contributed by atoms with Crippen LogP contribution in [0.1, 0.15) is 27.7 Å². The minimum Gasteiger partial charge on any atom is -0.444 e. The summed E-state index contributed by atoms with van der Waals surface area (Å²) in [6.45, 7) is 1.20. The summed E-state index contributed by atoms with van der Waals surface area (Å²) in [7, 11) is 0. The van der Waals surface area contributed by atoms with Crippen LogP contribution in [0.2, 0.25) is 0 Å². The second kappa shape index (κ2) is 7.30. The Kier molecular flexibility index (Phi) is 7.29. The zero-order valence-corrected chi connectivity index (χ0v) is 15.3. The average molecular weight is 317 g/mol. The number of nitrogens with zero attached hydrogens (tertiary/aromatic N) is 2. The standard InChI is InChI=1S/C10H16BF3N3O2.K/c1-5-17-8(11(12,13)14)7(6-15-17)16-9(18)19-10(2,3)4;/h6H,5H2,1-4H3,(H,16,18);/q-1;+1. The molecule has 1 rings (SSSR count). The van der Waals surface area contributed by atoms with Crippen molar-refractivity contribution >= 4 is 24.4 Å². The number of carbonyl (C=O) groups is 1. The predicted octanol–water partition coefficient (Wildman–Crippen LogP) is -0.692. The molecule has 0 aliphatic carbocycles. The van der Waals surface area contributed by atoms with E-state index in [1.807, 2.05) is 0 Å². The Labute approximate surface area is 158 Å². The topological polar surface area (TPSA) is 56.2 Å². The van der Waals surface area contributed by atoms with Gasteiger partial charge in [0.15, 0.2) is 0 Å². The molecular formula is C10H16BF3KN3O2. The number of ether oxygens (including phenoxy) is 1. The van der Waals surface area contributed by atoms with Crippen molar-refractivity contribution in [2.24, 2.45) is 0 Å². The van der Waals surface area contributed by atoms with Crippen LogP contribution in [0.15, 0.2) is 6.20 Å². The van der Waals surface area contributed by atoms with Gasteiger partial charge in [0, 0.05) is 12.1 Å². The molecule has 0 radical (unpaired) electrons. The van der Waals surface area contributed by atoms with Crippen molar-refractivity contribution in [3.63, 3.8) is 0 Å². The minimum atomic E-state index is -5.27. The smallest absolute Gasteiger partial charge is 0.444 e. The summed E-state index contributed by atoms with van der Waals surface area (Å²) < 4.78 is 44.5. The molecule has 0 atom stereocenters. The first kappa shape index (κ1) is 20.0. The zero-order valence-electron chi connectivity index (χ0n) is 12.2. The van der Waals surface area contributed by atoms with E-state index < -0.39 is 24.3 Å². The average Bonchev–Trinajstić information content (AvgIpc) is 2.56. The molecule has 1 N–H and O–H groups in total. The number of anilines is 1. The van der Waals surface area contributed by atoms with Crippen molar-refractivity contribution in [1.29, 1.82) is 0 Å². The molecule has 0 bridgehead atoms. The summed E-state index contributed by atoms with van der Waals surface area (Å²) >= 11 is 0. The summed E-state index contributed by atoms with van der Waals surface area (Å²) in [5.74, 6) is 0. The van der Waals surface area contributed by atoms with E-state index in [2.05, 4.69) is 10.4 Å². The number of halogens is 3. The van der Waals surface area contributed by atoms with Crippen LogP contribution in [0.5, 0.6) is 0 Å². The van der Waals surface area contributed by atoms with Crippen LogP contribution in [0.25, 0.3) is 0 Å². The molecule has 0 aromatic carbocycles. The Morgan fingerprint density at radius 2 is 2.00 bits per heavy atom. The van der Waals surface area contributed by atoms with E-state index in [1.54, 1.807) is 20.8 Å². The molecule has 1 aromatic heterocycles. The normalized spacial score (nSPS) is 11.8. The van der Waals surface area contributed by atoms with Gasteiger partial charge in [-0.25, -0.2) is 4.79 Å². The molecule has 1 amide bonds. The van der Waals surface area contributed by atoms with Crippen LogP contribution in [-0.4, -0.2) is 28.5 Å². The number of hydrogen-bond donors (Lipinski definition) is 1. The van der Waals surface area contributed by atoms with Crippen LogP contribution in [-0.2, 0) is 11.3 Å². The van der Waals surface area contributed by atoms with Crippen LogP contribution >= 0.6 is 0 Å². The number of carbonyl (C=O) groups excluding carboxylic acids is 1. The maximum Gasteiger partial charge on any atom is 1.00 e. The fourth-order valence-electron chi connectivity index (χ4n) is 1.50. The molecule has 10 heteroatoms. The Bertz CT molecular complexity index is 471. The first-order valence-corrected chi connectivity index (χ1v) is 5.80. The monoisotopic (exact) mass is 317 g/mol. The van der Waals surface area contributed by atoms with Crippen molar-refractivity contribution in [3.05, 3.63) is 6.20 Å². The summed E-state index contributed by atoms with van der Waals surface area (Å²) in [5.41, 5.74) is -2.11. The molecule has 0 aliphatic heterocycles. The van der Waals surface area contributed by atoms with Crippen molar-refractivity contribution < 1.29 is 73.9 Å². The number of aromatic nitrogens is 2. The SMILES string of the molecule is CCn1ncc(NC(=O)OC(C)(C)C)c1[B-](F)(F)F.[K+]. The van der Waals surface area contributed by atoms with E-state index in [1.165, 1.54) is 6.92 Å². The number of nitrogens with one attached hydrogen (secondary N) is 1. The van der Waals surface area contributed by atoms with Crippen molar-refractivity contribution in [2.45, 2.75) is 39.8 Å². The molecule has 0 fully saturated rings. The van der Waals surface area contributed by atoms with E-state index in [-0.39, 0.29) is 63.6 Å². The second-order valence-corrected chi connectivity index (χ2v) is 4.96. The predicted molar refractivity (Wildman–Crippen MR) is 66.5 cm³/mol. The van der Waals surface area contributed by atoms with E-state index in [4.69, 9.17) is 4.74 Å². The molecule has 0 unspecified atom stereocenters. The fourth-order valence-corrected chi connectivity index (χ4v) is 1.50. The van der Waals surface area contributed by atoms with E-state index >= 15 is 0 Å². The minimum absolute atomic E-state index is 0. The first-order chi connectivity index (χ1) is 8.54. The third-order valence-corrected chi connectivity index (χ3v) is 2.13. The Morgan fingerprint density at radius 1 is 1.45 bits per heavy atom. The van der Waals surface area contributed by atoms with Crippen LogP contribution < -0.4 is 62.3 Å². The van der Waals surface area contributed by atoms with Crippen molar-refractivity contribution in [2.75, 3.05) is 5.32 Å². The van der Waals surface area contributed by atoms with Gasteiger partial charge in [-0.3, -0.25) is 10.00 Å². The van der Waals surface area contributed by atoms with Gasteiger partial charge in [0.2, 0.25) is 0 Å². The van der Waals surface area contributed by atoms with Crippen molar-refractivity contribution in [1.82, 2.24) is 9.78 Å². The number of aryl methyl sites for hydroxylation is 1. The fraction of sp³-hybridized carbons (Fsp3) is 0.600. The van der Waals surface area contributed by atoms with Crippen LogP contribution in [0.4, 0.5) is 23.4 Å². The second-order valence-electron chi connectivity index (χ2n) is 4.96. The van der Waals surface area contributed by atoms with Gasteiger partial charge in [-0.15, -0.1) is 0 Å². The molecule has 0 spiro atoms. The van der Waals surface area contributed by atoms with Gasteiger partial charge in [0.1, 0.15) is 5.60 Å². The van der Waals surface area contributed by atoms with Crippen LogP contribution in [0.3, 0.4) is 0 Å². The van der Waals surface area contributed by atoms with Gasteiger partial charge in [0.25, 0.3) is 0 Å². The largest absolute Gasteiger partial charge is 1.00 e. The van der Waals surface area contributed by atoms with E-state index in [0.29, 0.717) is 0 Å². The maximum atomic E-state index is 12.9. The molecule has 1 heterocycles. The quantitative estimate of drug-likeness (QED) is 0.751. The first-order valence-electron chi connectivity index (χ1n) is 5.80. The Balaban J connectivity index is 0.00000361. The van der Waals surface area contributed by atoms with Gasteiger partial charge in [-0.2, -0.15) is 5.10 Å². The molecule has 0 aliphatic rings. The Morgan fingerprint density at radius 3 is 2.40 bits per heavy atom. The van der Waals surface area contributed by atoms with Gasteiger partial charge >= 0.3 is 64.5 Å². The van der Waals surface area contributed by atoms with Crippen LogP contribution in [0, 0.1) is 0 Å². The van der Waals surface area contributed by atoms with Gasteiger partial charge in [-0.05, 0) is 27.7 Å². The third-order valence-electron chi connectivity index (χ3n) is 2.13. The summed E-state index contributed by atoms with van der Waals surface area (Å²) in [6, 6.07) is 0. The van der Waals surface area contributed by atoms with E-state index in [9.17, 15) is 17.7 Å².